The third kappa shape index (κ3) is 2.03. The topological polar surface area (TPSA) is 78.9 Å². The Morgan fingerprint density at radius 3 is 2.66 bits per heavy atom. The molecule has 4 aromatic rings. The van der Waals surface area contributed by atoms with Crippen molar-refractivity contribution in [1.82, 2.24) is 19.7 Å². The van der Waals surface area contributed by atoms with Crippen molar-refractivity contribution < 1.29 is 4.74 Å². The zero-order valence-electron chi connectivity index (χ0n) is 16.0. The van der Waals surface area contributed by atoms with Gasteiger partial charge in [-0.15, -0.1) is 0 Å². The molecule has 1 spiro atoms. The highest BCUT2D eigenvalue weighted by Gasteiger charge is 2.52. The van der Waals surface area contributed by atoms with Gasteiger partial charge in [0.2, 0.25) is 11.8 Å². The summed E-state index contributed by atoms with van der Waals surface area (Å²) in [7, 11) is 0. The fourth-order valence-electron chi connectivity index (χ4n) is 5.04. The predicted molar refractivity (Wildman–Crippen MR) is 109 cm³/mol. The van der Waals surface area contributed by atoms with Crippen LogP contribution in [0.3, 0.4) is 0 Å². The second-order valence-corrected chi connectivity index (χ2v) is 7.62. The molecular formula is C23H19N5O. The van der Waals surface area contributed by atoms with E-state index < -0.39 is 5.41 Å². The fraction of sp³-hybridized carbons (Fsp3) is 0.174. The number of rotatable bonds is 1. The number of nitrogens with two attached hydrogens (primary N) is 1. The highest BCUT2D eigenvalue weighted by Crippen LogP contribution is 2.59. The number of hydrogen-bond donors (Lipinski definition) is 1. The smallest absolute Gasteiger partial charge is 0.230 e. The molecule has 2 aromatic carbocycles. The van der Waals surface area contributed by atoms with Gasteiger partial charge in [-0.3, -0.25) is 0 Å². The molecule has 29 heavy (non-hydrogen) atoms. The van der Waals surface area contributed by atoms with E-state index in [2.05, 4.69) is 34.2 Å². The molecule has 0 saturated heterocycles. The van der Waals surface area contributed by atoms with E-state index in [0.29, 0.717) is 17.6 Å². The fourth-order valence-corrected chi connectivity index (χ4v) is 5.04. The largest absolute Gasteiger partial charge is 0.420 e. The van der Waals surface area contributed by atoms with Crippen molar-refractivity contribution in [2.45, 2.75) is 25.2 Å². The molecule has 6 rings (SSSR count). The molecular weight excluding hydrogens is 362 g/mol. The lowest BCUT2D eigenvalue weighted by atomic mass is 9.69. The molecule has 142 valence electrons. The molecule has 0 bridgehead atoms. The molecule has 6 heteroatoms. The normalized spacial score (nSPS) is 18.8. The van der Waals surface area contributed by atoms with E-state index in [-0.39, 0.29) is 0 Å². The standard InChI is InChI=1S/C23H19N5O/c1-14-18-22(28(27-14)16-8-3-2-4-9-16)29-21-19(20(24)25-13-26-21)23(18)12-11-15-7-5-6-10-17(15)23/h2-10,13H,11-12H2,1H3,(H2,24,25,26). The van der Waals surface area contributed by atoms with E-state index in [4.69, 9.17) is 15.6 Å². The first-order chi connectivity index (χ1) is 14.2. The van der Waals surface area contributed by atoms with Gasteiger partial charge in [0.25, 0.3) is 0 Å². The summed E-state index contributed by atoms with van der Waals surface area (Å²) in [6.45, 7) is 2.04. The van der Waals surface area contributed by atoms with Gasteiger partial charge in [0.15, 0.2) is 0 Å². The van der Waals surface area contributed by atoms with Crippen LogP contribution in [0.4, 0.5) is 5.82 Å². The minimum atomic E-state index is -0.456. The van der Waals surface area contributed by atoms with Crippen LogP contribution in [0.25, 0.3) is 5.69 Å². The zero-order valence-corrected chi connectivity index (χ0v) is 16.0. The van der Waals surface area contributed by atoms with Crippen LogP contribution in [0.1, 0.15) is 34.4 Å². The number of para-hydroxylation sites is 1. The number of nitrogen functional groups attached to an aromatic ring is 1. The van der Waals surface area contributed by atoms with Gasteiger partial charge in [-0.1, -0.05) is 42.5 Å². The van der Waals surface area contributed by atoms with E-state index in [0.717, 1.165) is 35.3 Å². The quantitative estimate of drug-likeness (QED) is 0.540. The third-order valence-electron chi connectivity index (χ3n) is 6.15. The molecule has 1 unspecified atom stereocenters. The van der Waals surface area contributed by atoms with Crippen molar-refractivity contribution in [3.63, 3.8) is 0 Å². The highest BCUT2D eigenvalue weighted by molar-refractivity contribution is 5.70. The van der Waals surface area contributed by atoms with Gasteiger partial charge in [-0.05, 0) is 43.0 Å². The monoisotopic (exact) mass is 381 g/mol. The van der Waals surface area contributed by atoms with Crippen molar-refractivity contribution in [2.75, 3.05) is 5.73 Å². The number of nitrogens with zero attached hydrogens (tertiary/aromatic N) is 4. The summed E-state index contributed by atoms with van der Waals surface area (Å²) in [6, 6.07) is 18.6. The number of fused-ring (bicyclic) bond motifs is 6. The number of hydrogen-bond acceptors (Lipinski definition) is 5. The number of aromatic nitrogens is 4. The summed E-state index contributed by atoms with van der Waals surface area (Å²) >= 11 is 0. The first-order valence-electron chi connectivity index (χ1n) is 9.73. The molecule has 3 heterocycles. The Labute approximate surface area is 168 Å². The Kier molecular flexibility index (Phi) is 3.19. The van der Waals surface area contributed by atoms with Gasteiger partial charge in [0.05, 0.1) is 27.9 Å². The maximum Gasteiger partial charge on any atom is 0.230 e. The maximum atomic E-state index is 6.42. The second-order valence-electron chi connectivity index (χ2n) is 7.62. The van der Waals surface area contributed by atoms with E-state index in [1.54, 1.807) is 0 Å². The summed E-state index contributed by atoms with van der Waals surface area (Å²) in [6.07, 6.45) is 3.30. The van der Waals surface area contributed by atoms with Crippen LogP contribution in [-0.2, 0) is 11.8 Å². The molecule has 6 nitrogen and oxygen atoms in total. The van der Waals surface area contributed by atoms with Crippen molar-refractivity contribution in [2.24, 2.45) is 0 Å². The first kappa shape index (κ1) is 16.3. The molecule has 0 radical (unpaired) electrons. The van der Waals surface area contributed by atoms with Crippen molar-refractivity contribution >= 4 is 5.82 Å². The first-order valence-corrected chi connectivity index (χ1v) is 9.73. The van der Waals surface area contributed by atoms with Gasteiger partial charge in [-0.25, -0.2) is 14.6 Å². The molecule has 1 aliphatic carbocycles. The SMILES string of the molecule is Cc1nn(-c2ccccc2)c2c1C1(CCc3ccccc31)c1c(N)ncnc1O2. The number of anilines is 1. The van der Waals surface area contributed by atoms with E-state index in [1.165, 1.54) is 17.5 Å². The van der Waals surface area contributed by atoms with Gasteiger partial charge >= 0.3 is 0 Å². The molecule has 1 atom stereocenters. The van der Waals surface area contributed by atoms with Gasteiger partial charge in [0, 0.05) is 0 Å². The molecule has 0 amide bonds. The second kappa shape index (κ2) is 5.67. The highest BCUT2D eigenvalue weighted by atomic mass is 16.5. The lowest BCUT2D eigenvalue weighted by Gasteiger charge is -2.36. The summed E-state index contributed by atoms with van der Waals surface area (Å²) in [4.78, 5) is 8.77. The van der Waals surface area contributed by atoms with Crippen LogP contribution in [0.2, 0.25) is 0 Å². The summed E-state index contributed by atoms with van der Waals surface area (Å²) in [5.41, 5.74) is 12.3. The summed E-state index contributed by atoms with van der Waals surface area (Å²) in [5.74, 6) is 1.68. The zero-order chi connectivity index (χ0) is 19.6. The Morgan fingerprint density at radius 2 is 1.79 bits per heavy atom. The summed E-state index contributed by atoms with van der Waals surface area (Å²) < 4.78 is 8.21. The number of ether oxygens (including phenoxy) is 1. The van der Waals surface area contributed by atoms with Crippen molar-refractivity contribution in [3.8, 4) is 17.4 Å². The van der Waals surface area contributed by atoms with Crippen LogP contribution in [-0.4, -0.2) is 19.7 Å². The molecule has 2 aliphatic rings. The number of benzene rings is 2. The van der Waals surface area contributed by atoms with E-state index >= 15 is 0 Å². The Morgan fingerprint density at radius 1 is 1.00 bits per heavy atom. The minimum Gasteiger partial charge on any atom is -0.420 e. The lowest BCUT2D eigenvalue weighted by molar-refractivity contribution is 0.376. The Balaban J connectivity index is 1.73. The Bertz CT molecular complexity index is 1260. The number of aryl methyl sites for hydroxylation is 2. The average molecular weight is 381 g/mol. The minimum absolute atomic E-state index is 0.456. The van der Waals surface area contributed by atoms with E-state index in [9.17, 15) is 0 Å². The van der Waals surface area contributed by atoms with Crippen molar-refractivity contribution in [3.05, 3.63) is 88.9 Å². The van der Waals surface area contributed by atoms with Crippen molar-refractivity contribution in [1.29, 1.82) is 0 Å². The molecule has 2 aromatic heterocycles. The van der Waals surface area contributed by atoms with E-state index in [1.807, 2.05) is 41.9 Å². The average Bonchev–Trinajstić information content (AvgIpc) is 3.28. The predicted octanol–water partition coefficient (Wildman–Crippen LogP) is 3.94. The van der Waals surface area contributed by atoms with Gasteiger partial charge in [-0.2, -0.15) is 5.10 Å². The van der Waals surface area contributed by atoms with Gasteiger partial charge in [0.1, 0.15) is 12.1 Å². The van der Waals surface area contributed by atoms with Crippen LogP contribution >= 0.6 is 0 Å². The van der Waals surface area contributed by atoms with Gasteiger partial charge < -0.3 is 10.5 Å². The van der Waals surface area contributed by atoms with Crippen LogP contribution < -0.4 is 10.5 Å². The molecule has 2 N–H and O–H groups in total. The summed E-state index contributed by atoms with van der Waals surface area (Å²) in [5, 5.41) is 4.87. The lowest BCUT2D eigenvalue weighted by Crippen LogP contribution is -2.32. The third-order valence-corrected chi connectivity index (χ3v) is 6.15. The molecule has 0 saturated carbocycles. The Hall–Kier alpha value is -3.67. The molecule has 0 fully saturated rings. The van der Waals surface area contributed by atoms with Crippen LogP contribution in [0, 0.1) is 6.92 Å². The van der Waals surface area contributed by atoms with Crippen LogP contribution in [0.5, 0.6) is 11.8 Å². The maximum absolute atomic E-state index is 6.42. The van der Waals surface area contributed by atoms with Crippen LogP contribution in [0.15, 0.2) is 60.9 Å². The molecule has 1 aliphatic heterocycles.